The molecule has 1 unspecified atom stereocenters. The number of nitrogens with zero attached hydrogens (tertiary/aromatic N) is 4. The molecule has 1 atom stereocenters. The van der Waals surface area contributed by atoms with Crippen molar-refractivity contribution in [2.24, 2.45) is 0 Å². The zero-order valence-electron chi connectivity index (χ0n) is 11.3. The summed E-state index contributed by atoms with van der Waals surface area (Å²) in [6.45, 7) is 4.05. The van der Waals surface area contributed by atoms with E-state index in [0.29, 0.717) is 17.9 Å². The van der Waals surface area contributed by atoms with Gasteiger partial charge in [0.1, 0.15) is 12.2 Å². The summed E-state index contributed by atoms with van der Waals surface area (Å²) < 4.78 is 6.95. The van der Waals surface area contributed by atoms with Crippen LogP contribution in [0.3, 0.4) is 0 Å². The van der Waals surface area contributed by atoms with Crippen LogP contribution in [0.1, 0.15) is 37.4 Å². The van der Waals surface area contributed by atoms with E-state index in [1.807, 2.05) is 13.8 Å². The highest BCUT2D eigenvalue weighted by Gasteiger charge is 2.18. The number of aliphatic hydroxyl groups excluding tert-OH is 1. The molecule has 0 saturated heterocycles. The quantitative estimate of drug-likeness (QED) is 0.884. The maximum atomic E-state index is 10.3. The second-order valence-electron chi connectivity index (χ2n) is 4.54. The first-order valence-electron chi connectivity index (χ1n) is 6.18. The molecule has 0 aliphatic rings. The molecular formula is C13H18N4O2. The van der Waals surface area contributed by atoms with Gasteiger partial charge in [0.2, 0.25) is 5.88 Å². The van der Waals surface area contributed by atoms with E-state index in [0.717, 1.165) is 5.82 Å². The normalized spacial score (nSPS) is 12.7. The molecule has 1 N–H and O–H groups in total. The standard InChI is InChI=1S/C13H18N4O2/c1-9(2)17-12(15-8-16-17)7-11(18)10-5-4-6-14-13(10)19-3/h4-6,8-9,11,18H,7H2,1-3H3. The first kappa shape index (κ1) is 13.5. The Kier molecular flexibility index (Phi) is 4.11. The molecule has 102 valence electrons. The van der Waals surface area contributed by atoms with E-state index < -0.39 is 6.10 Å². The molecule has 0 spiro atoms. The van der Waals surface area contributed by atoms with Crippen LogP contribution in [-0.4, -0.2) is 32.0 Å². The second kappa shape index (κ2) is 5.79. The number of hydrogen-bond acceptors (Lipinski definition) is 5. The largest absolute Gasteiger partial charge is 0.481 e. The molecule has 2 aromatic rings. The zero-order valence-corrected chi connectivity index (χ0v) is 11.3. The summed E-state index contributed by atoms with van der Waals surface area (Å²) in [5, 5.41) is 14.5. The number of ether oxygens (including phenoxy) is 1. The van der Waals surface area contributed by atoms with Gasteiger partial charge in [-0.1, -0.05) is 0 Å². The molecule has 6 heteroatoms. The Morgan fingerprint density at radius 2 is 2.16 bits per heavy atom. The third kappa shape index (κ3) is 2.90. The van der Waals surface area contributed by atoms with Gasteiger partial charge in [-0.3, -0.25) is 0 Å². The van der Waals surface area contributed by atoms with Crippen molar-refractivity contribution >= 4 is 0 Å². The first-order valence-corrected chi connectivity index (χ1v) is 6.18. The van der Waals surface area contributed by atoms with Crippen molar-refractivity contribution in [3.05, 3.63) is 36.0 Å². The summed E-state index contributed by atoms with van der Waals surface area (Å²) in [6, 6.07) is 3.78. The van der Waals surface area contributed by atoms with E-state index >= 15 is 0 Å². The lowest BCUT2D eigenvalue weighted by Crippen LogP contribution is -2.13. The van der Waals surface area contributed by atoms with Gasteiger partial charge in [0.15, 0.2) is 0 Å². The van der Waals surface area contributed by atoms with Gasteiger partial charge in [-0.2, -0.15) is 5.10 Å². The topological polar surface area (TPSA) is 73.1 Å². The lowest BCUT2D eigenvalue weighted by Gasteiger charge is -2.15. The molecule has 0 bridgehead atoms. The monoisotopic (exact) mass is 262 g/mol. The fourth-order valence-corrected chi connectivity index (χ4v) is 1.96. The minimum atomic E-state index is -0.717. The number of methoxy groups -OCH3 is 1. The third-order valence-corrected chi connectivity index (χ3v) is 2.87. The van der Waals surface area contributed by atoms with Crippen LogP contribution in [0.15, 0.2) is 24.7 Å². The van der Waals surface area contributed by atoms with Crippen LogP contribution in [0.25, 0.3) is 0 Å². The average Bonchev–Trinajstić information content (AvgIpc) is 2.87. The Balaban J connectivity index is 2.21. The molecule has 0 fully saturated rings. The molecule has 2 rings (SSSR count). The van der Waals surface area contributed by atoms with Gasteiger partial charge in [-0.15, -0.1) is 0 Å². The minimum Gasteiger partial charge on any atom is -0.481 e. The van der Waals surface area contributed by atoms with Gasteiger partial charge in [-0.25, -0.2) is 14.6 Å². The SMILES string of the molecule is COc1ncccc1C(O)Cc1ncnn1C(C)C. The highest BCUT2D eigenvalue weighted by molar-refractivity contribution is 5.28. The van der Waals surface area contributed by atoms with E-state index in [4.69, 9.17) is 4.74 Å². The highest BCUT2D eigenvalue weighted by Crippen LogP contribution is 2.25. The summed E-state index contributed by atoms with van der Waals surface area (Å²) in [4.78, 5) is 8.27. The van der Waals surface area contributed by atoms with Crippen molar-refractivity contribution in [1.82, 2.24) is 19.7 Å². The van der Waals surface area contributed by atoms with Crippen molar-refractivity contribution in [2.75, 3.05) is 7.11 Å². The van der Waals surface area contributed by atoms with E-state index in [1.54, 1.807) is 23.0 Å². The summed E-state index contributed by atoms with van der Waals surface area (Å²) in [6.07, 6.45) is 2.79. The van der Waals surface area contributed by atoms with E-state index in [1.165, 1.54) is 13.4 Å². The zero-order chi connectivity index (χ0) is 13.8. The van der Waals surface area contributed by atoms with Crippen LogP contribution in [0, 0.1) is 0 Å². The van der Waals surface area contributed by atoms with Crippen LogP contribution in [0.4, 0.5) is 0 Å². The van der Waals surface area contributed by atoms with E-state index in [-0.39, 0.29) is 6.04 Å². The maximum absolute atomic E-state index is 10.3. The molecule has 19 heavy (non-hydrogen) atoms. The van der Waals surface area contributed by atoms with Crippen molar-refractivity contribution in [1.29, 1.82) is 0 Å². The molecule has 0 aromatic carbocycles. The van der Waals surface area contributed by atoms with Crippen molar-refractivity contribution in [3.63, 3.8) is 0 Å². The van der Waals surface area contributed by atoms with Crippen molar-refractivity contribution in [3.8, 4) is 5.88 Å². The van der Waals surface area contributed by atoms with Crippen molar-refractivity contribution in [2.45, 2.75) is 32.4 Å². The van der Waals surface area contributed by atoms with Crippen LogP contribution >= 0.6 is 0 Å². The number of pyridine rings is 1. The van der Waals surface area contributed by atoms with Gasteiger partial charge >= 0.3 is 0 Å². The summed E-state index contributed by atoms with van der Waals surface area (Å²) in [7, 11) is 1.54. The molecule has 2 heterocycles. The third-order valence-electron chi connectivity index (χ3n) is 2.87. The van der Waals surface area contributed by atoms with E-state index in [2.05, 4.69) is 15.1 Å². The number of aliphatic hydroxyl groups is 1. The van der Waals surface area contributed by atoms with Gasteiger partial charge in [0.05, 0.1) is 13.2 Å². The predicted octanol–water partition coefficient (Wildman–Crippen LogP) is 1.54. The summed E-state index contributed by atoms with van der Waals surface area (Å²) >= 11 is 0. The summed E-state index contributed by atoms with van der Waals surface area (Å²) in [5.41, 5.74) is 0.656. The van der Waals surface area contributed by atoms with Crippen molar-refractivity contribution < 1.29 is 9.84 Å². The van der Waals surface area contributed by atoms with E-state index in [9.17, 15) is 5.11 Å². The lowest BCUT2D eigenvalue weighted by atomic mass is 10.1. The van der Waals surface area contributed by atoms with Crippen LogP contribution in [0.2, 0.25) is 0 Å². The second-order valence-corrected chi connectivity index (χ2v) is 4.54. The smallest absolute Gasteiger partial charge is 0.218 e. The van der Waals surface area contributed by atoms with Gasteiger partial charge < -0.3 is 9.84 Å². The maximum Gasteiger partial charge on any atom is 0.218 e. The Morgan fingerprint density at radius 3 is 2.84 bits per heavy atom. The Bertz CT molecular complexity index is 539. The van der Waals surface area contributed by atoms with Gasteiger partial charge in [0.25, 0.3) is 0 Å². The predicted molar refractivity (Wildman–Crippen MR) is 69.9 cm³/mol. The molecular weight excluding hydrogens is 244 g/mol. The summed E-state index contributed by atoms with van der Waals surface area (Å²) in [5.74, 6) is 1.18. The molecule has 0 amide bonds. The van der Waals surface area contributed by atoms with Gasteiger partial charge in [0, 0.05) is 24.2 Å². The minimum absolute atomic E-state index is 0.209. The fourth-order valence-electron chi connectivity index (χ4n) is 1.96. The number of aromatic nitrogens is 4. The molecule has 6 nitrogen and oxygen atoms in total. The lowest BCUT2D eigenvalue weighted by molar-refractivity contribution is 0.168. The van der Waals surface area contributed by atoms with Crippen LogP contribution in [-0.2, 0) is 6.42 Å². The first-order chi connectivity index (χ1) is 9.13. The molecule has 2 aromatic heterocycles. The number of rotatable bonds is 5. The Hall–Kier alpha value is -1.95. The molecule has 0 radical (unpaired) electrons. The molecule has 0 saturated carbocycles. The van der Waals surface area contributed by atoms with Crippen LogP contribution in [0.5, 0.6) is 5.88 Å². The Morgan fingerprint density at radius 1 is 1.37 bits per heavy atom. The molecule has 0 aliphatic carbocycles. The molecule has 0 aliphatic heterocycles. The average molecular weight is 262 g/mol. The Labute approximate surface area is 112 Å². The van der Waals surface area contributed by atoms with Gasteiger partial charge in [-0.05, 0) is 26.0 Å². The fraction of sp³-hybridized carbons (Fsp3) is 0.462. The van der Waals surface area contributed by atoms with Crippen LogP contribution < -0.4 is 4.74 Å². The number of hydrogen-bond donors (Lipinski definition) is 1. The highest BCUT2D eigenvalue weighted by atomic mass is 16.5.